The second-order valence-corrected chi connectivity index (χ2v) is 6.27. The van der Waals surface area contributed by atoms with Crippen LogP contribution in [0.2, 0.25) is 0 Å². The number of aromatic nitrogens is 2. The van der Waals surface area contributed by atoms with E-state index in [2.05, 4.69) is 20.6 Å². The van der Waals surface area contributed by atoms with E-state index in [4.69, 9.17) is 10.00 Å². The molecule has 0 unspecified atom stereocenters. The molecule has 3 aromatic rings. The largest absolute Gasteiger partial charge is 0.494 e. The van der Waals surface area contributed by atoms with Crippen molar-refractivity contribution in [3.05, 3.63) is 65.9 Å². The summed E-state index contributed by atoms with van der Waals surface area (Å²) in [7, 11) is 0. The molecule has 6 nitrogen and oxygen atoms in total. The highest BCUT2D eigenvalue weighted by Gasteiger charge is 2.35. The summed E-state index contributed by atoms with van der Waals surface area (Å²) in [5.41, 5.74) is 0.436. The molecule has 0 spiro atoms. The number of nitrogens with zero attached hydrogens (tertiary/aromatic N) is 3. The molecule has 2 aromatic carbocycles. The normalized spacial score (nSPS) is 10.9. The number of hydrogen-bond donors (Lipinski definition) is 2. The van der Waals surface area contributed by atoms with Gasteiger partial charge in [-0.15, -0.1) is 0 Å². The van der Waals surface area contributed by atoms with E-state index >= 15 is 0 Å². The van der Waals surface area contributed by atoms with Crippen molar-refractivity contribution in [2.45, 2.75) is 19.5 Å². The van der Waals surface area contributed by atoms with Crippen LogP contribution in [-0.4, -0.2) is 16.6 Å². The van der Waals surface area contributed by atoms with Crippen LogP contribution in [0.25, 0.3) is 0 Å². The number of rotatable bonds is 7. The van der Waals surface area contributed by atoms with Crippen molar-refractivity contribution in [3.63, 3.8) is 0 Å². The number of benzene rings is 2. The van der Waals surface area contributed by atoms with Crippen molar-refractivity contribution in [1.82, 2.24) is 9.97 Å². The fourth-order valence-corrected chi connectivity index (χ4v) is 2.49. The topological polar surface area (TPSA) is 82.9 Å². The molecular weight excluding hydrogens is 395 g/mol. The fourth-order valence-electron chi connectivity index (χ4n) is 2.49. The Hall–Kier alpha value is -3.80. The molecule has 0 aliphatic heterocycles. The lowest BCUT2D eigenvalue weighted by Crippen LogP contribution is -2.12. The summed E-state index contributed by atoms with van der Waals surface area (Å²) in [5, 5.41) is 14.4. The smallest absolute Gasteiger partial charge is 0.421 e. The number of hydrogen-bond acceptors (Lipinski definition) is 6. The summed E-state index contributed by atoms with van der Waals surface area (Å²) >= 11 is 0. The molecule has 3 rings (SSSR count). The van der Waals surface area contributed by atoms with E-state index in [-0.39, 0.29) is 11.8 Å². The molecule has 0 amide bonds. The minimum atomic E-state index is -4.63. The second-order valence-electron chi connectivity index (χ2n) is 6.27. The van der Waals surface area contributed by atoms with E-state index in [9.17, 15) is 13.2 Å². The van der Waals surface area contributed by atoms with Crippen LogP contribution in [0.1, 0.15) is 24.5 Å². The van der Waals surface area contributed by atoms with Crippen LogP contribution in [-0.2, 0) is 6.18 Å². The summed E-state index contributed by atoms with van der Waals surface area (Å²) in [6, 6.07) is 14.9. The standard InChI is InChI=1S/C21H18F3N5O/c1-2-11-30-17-9-7-15(8-10-17)27-19-18(21(22,23)24)13-26-20(29-19)28-16-5-3-14(12-25)4-6-16/h3-10,13H,2,11H2,1H3,(H2,26,27,28,29). The van der Waals surface area contributed by atoms with Crippen molar-refractivity contribution in [2.24, 2.45) is 0 Å². The Balaban J connectivity index is 1.84. The lowest BCUT2D eigenvalue weighted by molar-refractivity contribution is -0.137. The quantitative estimate of drug-likeness (QED) is 0.521. The van der Waals surface area contributed by atoms with E-state index in [1.54, 1.807) is 48.5 Å². The lowest BCUT2D eigenvalue weighted by Gasteiger charge is -2.15. The molecule has 0 atom stereocenters. The van der Waals surface area contributed by atoms with Crippen LogP contribution < -0.4 is 15.4 Å². The molecule has 1 heterocycles. The summed E-state index contributed by atoms with van der Waals surface area (Å²) in [5.74, 6) is 0.235. The Kier molecular flexibility index (Phi) is 6.37. The summed E-state index contributed by atoms with van der Waals surface area (Å²) < 4.78 is 45.7. The highest BCUT2D eigenvalue weighted by atomic mass is 19.4. The SMILES string of the molecule is CCCOc1ccc(Nc2nc(Nc3ccc(C#N)cc3)ncc2C(F)(F)F)cc1. The van der Waals surface area contributed by atoms with Gasteiger partial charge in [-0.1, -0.05) is 6.92 Å². The molecule has 0 radical (unpaired) electrons. The molecule has 0 aliphatic carbocycles. The third-order valence-electron chi connectivity index (χ3n) is 3.95. The minimum Gasteiger partial charge on any atom is -0.494 e. The van der Waals surface area contributed by atoms with Gasteiger partial charge in [-0.3, -0.25) is 0 Å². The summed E-state index contributed by atoms with van der Waals surface area (Å²) in [6.07, 6.45) is -3.05. The van der Waals surface area contributed by atoms with Crippen LogP contribution >= 0.6 is 0 Å². The Bertz CT molecular complexity index is 1030. The predicted octanol–water partition coefficient (Wildman–Crippen LogP) is 5.64. The highest BCUT2D eigenvalue weighted by Crippen LogP contribution is 2.35. The van der Waals surface area contributed by atoms with Gasteiger partial charge in [-0.2, -0.15) is 23.4 Å². The zero-order valence-electron chi connectivity index (χ0n) is 16.0. The van der Waals surface area contributed by atoms with Gasteiger partial charge in [0, 0.05) is 17.6 Å². The van der Waals surface area contributed by atoms with E-state index in [1.165, 1.54) is 0 Å². The van der Waals surface area contributed by atoms with Gasteiger partial charge in [-0.25, -0.2) is 4.98 Å². The number of anilines is 4. The Morgan fingerprint density at radius 2 is 1.63 bits per heavy atom. The van der Waals surface area contributed by atoms with Crippen LogP contribution in [0.4, 0.5) is 36.3 Å². The van der Waals surface area contributed by atoms with E-state index < -0.39 is 11.7 Å². The van der Waals surface area contributed by atoms with Gasteiger partial charge < -0.3 is 15.4 Å². The zero-order valence-corrected chi connectivity index (χ0v) is 16.0. The van der Waals surface area contributed by atoms with Gasteiger partial charge >= 0.3 is 6.18 Å². The van der Waals surface area contributed by atoms with Crippen molar-refractivity contribution in [3.8, 4) is 11.8 Å². The van der Waals surface area contributed by atoms with Crippen molar-refractivity contribution in [2.75, 3.05) is 17.2 Å². The van der Waals surface area contributed by atoms with E-state index in [1.807, 2.05) is 13.0 Å². The molecule has 0 aliphatic rings. The first-order valence-electron chi connectivity index (χ1n) is 9.10. The second kappa shape index (κ2) is 9.13. The molecular formula is C21H18F3N5O. The van der Waals surface area contributed by atoms with Gasteiger partial charge in [0.25, 0.3) is 0 Å². The summed E-state index contributed by atoms with van der Waals surface area (Å²) in [4.78, 5) is 7.76. The minimum absolute atomic E-state index is 0.0156. The maximum atomic E-state index is 13.4. The van der Waals surface area contributed by atoms with E-state index in [0.717, 1.165) is 12.6 Å². The maximum absolute atomic E-state index is 13.4. The average Bonchev–Trinajstić information content (AvgIpc) is 2.73. The Labute approximate surface area is 171 Å². The molecule has 0 saturated heterocycles. The molecule has 0 saturated carbocycles. The van der Waals surface area contributed by atoms with Crippen molar-refractivity contribution < 1.29 is 17.9 Å². The van der Waals surface area contributed by atoms with Gasteiger partial charge in [0.05, 0.1) is 18.2 Å². The fraction of sp³-hybridized carbons (Fsp3) is 0.190. The molecule has 0 fully saturated rings. The first-order valence-corrected chi connectivity index (χ1v) is 9.10. The van der Waals surface area contributed by atoms with E-state index in [0.29, 0.717) is 29.3 Å². The number of nitriles is 1. The van der Waals surface area contributed by atoms with Crippen molar-refractivity contribution >= 4 is 23.1 Å². The van der Waals surface area contributed by atoms with Crippen LogP contribution in [0, 0.1) is 11.3 Å². The monoisotopic (exact) mass is 413 g/mol. The van der Waals surface area contributed by atoms with Gasteiger partial charge in [0.2, 0.25) is 5.95 Å². The molecule has 2 N–H and O–H groups in total. The molecule has 154 valence electrons. The zero-order chi connectivity index (χ0) is 21.6. The predicted molar refractivity (Wildman–Crippen MR) is 107 cm³/mol. The Morgan fingerprint density at radius 1 is 1.00 bits per heavy atom. The molecule has 30 heavy (non-hydrogen) atoms. The highest BCUT2D eigenvalue weighted by molar-refractivity contribution is 5.63. The van der Waals surface area contributed by atoms with Gasteiger partial charge in [0.1, 0.15) is 17.1 Å². The first-order chi connectivity index (χ1) is 14.4. The first kappa shape index (κ1) is 20.9. The number of ether oxygens (including phenoxy) is 1. The lowest BCUT2D eigenvalue weighted by atomic mass is 10.2. The van der Waals surface area contributed by atoms with Crippen molar-refractivity contribution in [1.29, 1.82) is 5.26 Å². The van der Waals surface area contributed by atoms with Crippen LogP contribution in [0.15, 0.2) is 54.7 Å². The number of alkyl halides is 3. The third kappa shape index (κ3) is 5.38. The summed E-state index contributed by atoms with van der Waals surface area (Å²) in [6.45, 7) is 2.54. The average molecular weight is 413 g/mol. The number of nitrogens with one attached hydrogen (secondary N) is 2. The van der Waals surface area contributed by atoms with Crippen LogP contribution in [0.3, 0.4) is 0 Å². The number of halogens is 3. The molecule has 0 bridgehead atoms. The molecule has 1 aromatic heterocycles. The molecule has 9 heteroatoms. The Morgan fingerprint density at radius 3 is 2.23 bits per heavy atom. The van der Waals surface area contributed by atoms with Gasteiger partial charge in [-0.05, 0) is 55.0 Å². The van der Waals surface area contributed by atoms with Gasteiger partial charge in [0.15, 0.2) is 0 Å². The third-order valence-corrected chi connectivity index (χ3v) is 3.95. The van der Waals surface area contributed by atoms with Crippen LogP contribution in [0.5, 0.6) is 5.75 Å². The maximum Gasteiger partial charge on any atom is 0.421 e.